The second kappa shape index (κ2) is 8.31. The molecule has 1 aromatic heterocycles. The van der Waals surface area contributed by atoms with Gasteiger partial charge in [0.15, 0.2) is 17.2 Å². The van der Waals surface area contributed by atoms with E-state index in [1.165, 1.54) is 36.0 Å². The number of rotatable bonds is 7. The Morgan fingerprint density at radius 3 is 2.76 bits per heavy atom. The first-order chi connectivity index (χ1) is 12.2. The van der Waals surface area contributed by atoms with E-state index in [4.69, 9.17) is 14.6 Å². The van der Waals surface area contributed by atoms with Crippen molar-refractivity contribution >= 4 is 17.3 Å². The minimum Gasteiger partial charge on any atom is -0.493 e. The van der Waals surface area contributed by atoms with Crippen LogP contribution < -0.4 is 9.47 Å². The number of nitrogens with zero attached hydrogens (tertiary/aromatic N) is 2. The van der Waals surface area contributed by atoms with Crippen LogP contribution in [0.2, 0.25) is 0 Å². The summed E-state index contributed by atoms with van der Waals surface area (Å²) in [5.74, 6) is 0.300. The first-order valence-corrected chi connectivity index (χ1v) is 9.27. The summed E-state index contributed by atoms with van der Waals surface area (Å²) in [7, 11) is 1.60. The quantitative estimate of drug-likeness (QED) is 0.814. The van der Waals surface area contributed by atoms with E-state index in [-0.39, 0.29) is 5.69 Å². The van der Waals surface area contributed by atoms with E-state index in [0.717, 1.165) is 25.2 Å². The Hall–Kier alpha value is -2.12. The lowest BCUT2D eigenvalue weighted by molar-refractivity contribution is 0.0691. The molecule has 0 unspecified atom stereocenters. The Kier molecular flexibility index (Phi) is 5.88. The number of carboxylic acids is 1. The van der Waals surface area contributed by atoms with Crippen molar-refractivity contribution in [1.82, 2.24) is 9.88 Å². The van der Waals surface area contributed by atoms with Gasteiger partial charge in [-0.25, -0.2) is 9.78 Å². The van der Waals surface area contributed by atoms with Crippen molar-refractivity contribution in [2.45, 2.75) is 19.3 Å². The third-order valence-electron chi connectivity index (χ3n) is 4.25. The monoisotopic (exact) mass is 362 g/mol. The van der Waals surface area contributed by atoms with Crippen LogP contribution in [0.5, 0.6) is 11.5 Å². The molecule has 0 saturated carbocycles. The molecule has 1 aliphatic rings. The maximum absolute atomic E-state index is 11.0. The van der Waals surface area contributed by atoms with Crippen molar-refractivity contribution in [3.8, 4) is 22.1 Å². The minimum atomic E-state index is -1.02. The smallest absolute Gasteiger partial charge is 0.355 e. The number of aromatic carboxylic acids is 1. The molecule has 0 amide bonds. The summed E-state index contributed by atoms with van der Waals surface area (Å²) in [5.41, 5.74) is 0.874. The molecule has 7 heteroatoms. The Morgan fingerprint density at radius 2 is 2.08 bits per heavy atom. The number of ether oxygens (including phenoxy) is 2. The third-order valence-corrected chi connectivity index (χ3v) is 5.14. The van der Waals surface area contributed by atoms with Crippen LogP contribution in [0.15, 0.2) is 23.6 Å². The van der Waals surface area contributed by atoms with Gasteiger partial charge in [-0.05, 0) is 44.1 Å². The summed E-state index contributed by atoms with van der Waals surface area (Å²) in [4.78, 5) is 17.5. The SMILES string of the molecule is COc1cc(-c2nc(C(=O)O)cs2)ccc1OCCN1CCCCC1. The normalized spacial score (nSPS) is 15.1. The molecule has 1 saturated heterocycles. The number of hydrogen-bond donors (Lipinski definition) is 1. The van der Waals surface area contributed by atoms with Crippen LogP contribution in [0.1, 0.15) is 29.8 Å². The molecule has 0 spiro atoms. The summed E-state index contributed by atoms with van der Waals surface area (Å²) >= 11 is 1.30. The predicted molar refractivity (Wildman–Crippen MR) is 96.8 cm³/mol. The van der Waals surface area contributed by atoms with Crippen molar-refractivity contribution in [3.63, 3.8) is 0 Å². The molecule has 3 rings (SSSR count). The lowest BCUT2D eigenvalue weighted by atomic mass is 10.1. The zero-order valence-electron chi connectivity index (χ0n) is 14.2. The molecule has 0 bridgehead atoms. The van der Waals surface area contributed by atoms with Gasteiger partial charge in [-0.3, -0.25) is 4.90 Å². The van der Waals surface area contributed by atoms with E-state index >= 15 is 0 Å². The van der Waals surface area contributed by atoms with Gasteiger partial charge in [-0.15, -0.1) is 11.3 Å². The second-order valence-electron chi connectivity index (χ2n) is 5.96. The highest BCUT2D eigenvalue weighted by Gasteiger charge is 2.14. The Labute approximate surface area is 151 Å². The van der Waals surface area contributed by atoms with Crippen LogP contribution in [-0.4, -0.2) is 54.3 Å². The predicted octanol–water partition coefficient (Wildman–Crippen LogP) is 3.38. The fraction of sp³-hybridized carbons (Fsp3) is 0.444. The van der Waals surface area contributed by atoms with Crippen molar-refractivity contribution in [2.75, 3.05) is 33.4 Å². The largest absolute Gasteiger partial charge is 0.493 e. The van der Waals surface area contributed by atoms with E-state index in [1.54, 1.807) is 7.11 Å². The Bertz CT molecular complexity index is 726. The van der Waals surface area contributed by atoms with Crippen molar-refractivity contribution in [3.05, 3.63) is 29.3 Å². The van der Waals surface area contributed by atoms with Gasteiger partial charge in [0.1, 0.15) is 11.6 Å². The first kappa shape index (κ1) is 17.7. The van der Waals surface area contributed by atoms with Gasteiger partial charge in [-0.2, -0.15) is 0 Å². The molecule has 6 nitrogen and oxygen atoms in total. The molecule has 0 radical (unpaired) electrons. The maximum Gasteiger partial charge on any atom is 0.355 e. The van der Waals surface area contributed by atoms with Gasteiger partial charge in [0, 0.05) is 17.5 Å². The number of methoxy groups -OCH3 is 1. The third kappa shape index (κ3) is 4.49. The average Bonchev–Trinajstić information content (AvgIpc) is 3.13. The summed E-state index contributed by atoms with van der Waals surface area (Å²) in [6.07, 6.45) is 3.86. The van der Waals surface area contributed by atoms with E-state index in [1.807, 2.05) is 18.2 Å². The van der Waals surface area contributed by atoms with E-state index in [2.05, 4.69) is 9.88 Å². The molecule has 2 aromatic rings. The summed E-state index contributed by atoms with van der Waals surface area (Å²) in [6.45, 7) is 3.83. The van der Waals surface area contributed by atoms with E-state index in [0.29, 0.717) is 23.1 Å². The number of carbonyl (C=O) groups is 1. The summed E-state index contributed by atoms with van der Waals surface area (Å²) in [6, 6.07) is 5.57. The standard InChI is InChI=1S/C18H22N2O4S/c1-23-16-11-13(17-19-14(12-25-17)18(21)22)5-6-15(16)24-10-9-20-7-3-2-4-8-20/h5-6,11-12H,2-4,7-10H2,1H3,(H,21,22). The zero-order chi connectivity index (χ0) is 17.6. The molecule has 1 N–H and O–H groups in total. The highest BCUT2D eigenvalue weighted by molar-refractivity contribution is 7.13. The van der Waals surface area contributed by atoms with Crippen LogP contribution in [0, 0.1) is 0 Å². The van der Waals surface area contributed by atoms with Crippen LogP contribution in [0.3, 0.4) is 0 Å². The van der Waals surface area contributed by atoms with Gasteiger partial charge in [-0.1, -0.05) is 6.42 Å². The van der Waals surface area contributed by atoms with Gasteiger partial charge >= 0.3 is 5.97 Å². The van der Waals surface area contributed by atoms with Crippen molar-refractivity contribution in [1.29, 1.82) is 0 Å². The lowest BCUT2D eigenvalue weighted by Gasteiger charge is -2.26. The van der Waals surface area contributed by atoms with Gasteiger partial charge < -0.3 is 14.6 Å². The topological polar surface area (TPSA) is 71.9 Å². The van der Waals surface area contributed by atoms with Gasteiger partial charge in [0.05, 0.1) is 7.11 Å². The highest BCUT2D eigenvalue weighted by Crippen LogP contribution is 2.33. The van der Waals surface area contributed by atoms with E-state index < -0.39 is 5.97 Å². The second-order valence-corrected chi connectivity index (χ2v) is 6.82. The van der Waals surface area contributed by atoms with Gasteiger partial charge in [0.25, 0.3) is 0 Å². The van der Waals surface area contributed by atoms with Crippen LogP contribution >= 0.6 is 11.3 Å². The van der Waals surface area contributed by atoms with Crippen molar-refractivity contribution < 1.29 is 19.4 Å². The van der Waals surface area contributed by atoms with Crippen LogP contribution in [-0.2, 0) is 0 Å². The number of carboxylic acid groups (broad SMARTS) is 1. The molecule has 25 heavy (non-hydrogen) atoms. The summed E-state index contributed by atoms with van der Waals surface area (Å²) < 4.78 is 11.3. The number of piperidine rings is 1. The molecule has 0 aliphatic carbocycles. The maximum atomic E-state index is 11.0. The van der Waals surface area contributed by atoms with Crippen LogP contribution in [0.4, 0.5) is 0 Å². The fourth-order valence-corrected chi connectivity index (χ4v) is 3.68. The Morgan fingerprint density at radius 1 is 1.28 bits per heavy atom. The highest BCUT2D eigenvalue weighted by atomic mass is 32.1. The molecule has 134 valence electrons. The van der Waals surface area contributed by atoms with Crippen molar-refractivity contribution in [2.24, 2.45) is 0 Å². The molecule has 1 aliphatic heterocycles. The number of thiazole rings is 1. The molecule has 2 heterocycles. The number of benzene rings is 1. The number of aromatic nitrogens is 1. The first-order valence-electron chi connectivity index (χ1n) is 8.40. The summed E-state index contributed by atoms with van der Waals surface area (Å²) in [5, 5.41) is 11.2. The molecular weight excluding hydrogens is 340 g/mol. The van der Waals surface area contributed by atoms with Gasteiger partial charge in [0.2, 0.25) is 0 Å². The molecular formula is C18H22N2O4S. The lowest BCUT2D eigenvalue weighted by Crippen LogP contribution is -2.33. The number of hydrogen-bond acceptors (Lipinski definition) is 6. The Balaban J connectivity index is 1.65. The molecule has 0 atom stereocenters. The van der Waals surface area contributed by atoms with E-state index in [9.17, 15) is 4.79 Å². The minimum absolute atomic E-state index is 0.0563. The average molecular weight is 362 g/mol. The zero-order valence-corrected chi connectivity index (χ0v) is 15.1. The number of likely N-dealkylation sites (tertiary alicyclic amines) is 1. The molecule has 1 fully saturated rings. The fourth-order valence-electron chi connectivity index (χ4n) is 2.89. The molecule has 1 aromatic carbocycles. The van der Waals surface area contributed by atoms with Crippen LogP contribution in [0.25, 0.3) is 10.6 Å².